The van der Waals surface area contributed by atoms with Crippen LogP contribution >= 0.6 is 11.8 Å². The van der Waals surface area contributed by atoms with E-state index in [4.69, 9.17) is 0 Å². The highest BCUT2D eigenvalue weighted by Gasteiger charge is 2.22. The van der Waals surface area contributed by atoms with Crippen LogP contribution in [0.2, 0.25) is 0 Å². The lowest BCUT2D eigenvalue weighted by molar-refractivity contribution is 0.507. The first-order valence-corrected chi connectivity index (χ1v) is 4.71. The van der Waals surface area contributed by atoms with Crippen LogP contribution in [-0.4, -0.2) is 23.1 Å². The Morgan fingerprint density at radius 3 is 3.09 bits per heavy atom. The molecule has 0 aromatic heterocycles. The van der Waals surface area contributed by atoms with E-state index in [9.17, 15) is 0 Å². The number of thioether (sulfide) groups is 1. The molecule has 0 aromatic rings. The summed E-state index contributed by atoms with van der Waals surface area (Å²) in [5, 5.41) is 0.441. The average molecular weight is 167 g/mol. The van der Waals surface area contributed by atoms with Crippen LogP contribution in [0.5, 0.6) is 0 Å². The van der Waals surface area contributed by atoms with Crippen LogP contribution in [0, 0.1) is 0 Å². The highest BCUT2D eigenvalue weighted by Crippen LogP contribution is 2.30. The highest BCUT2D eigenvalue weighted by molar-refractivity contribution is 8.00. The second-order valence-corrected chi connectivity index (χ2v) is 3.57. The first kappa shape index (κ1) is 8.51. The summed E-state index contributed by atoms with van der Waals surface area (Å²) >= 11 is 1.89. The summed E-state index contributed by atoms with van der Waals surface area (Å²) in [6, 6.07) is 0. The standard InChI is InChI=1S/C9H13NS/c1-4-6-8-9(5-2)11-7-10(8)3/h4-5,9H,2,7H2,1,3H3. The molecule has 1 heterocycles. The molecule has 1 unspecified atom stereocenters. The van der Waals surface area contributed by atoms with Gasteiger partial charge in [-0.2, -0.15) is 0 Å². The van der Waals surface area contributed by atoms with Crippen molar-refractivity contribution in [1.82, 2.24) is 4.90 Å². The fourth-order valence-corrected chi connectivity index (χ4v) is 2.14. The Balaban J connectivity index is 2.88. The van der Waals surface area contributed by atoms with E-state index in [0.29, 0.717) is 5.25 Å². The number of nitrogens with zero attached hydrogens (tertiary/aromatic N) is 1. The molecule has 1 atom stereocenters. The smallest absolute Gasteiger partial charge is 0.0737 e. The van der Waals surface area contributed by atoms with Crippen molar-refractivity contribution in [2.45, 2.75) is 12.2 Å². The summed E-state index contributed by atoms with van der Waals surface area (Å²) in [5.74, 6) is 1.05. The minimum absolute atomic E-state index is 0.441. The van der Waals surface area contributed by atoms with E-state index in [1.807, 2.05) is 30.8 Å². The summed E-state index contributed by atoms with van der Waals surface area (Å²) < 4.78 is 0. The number of hydrogen-bond acceptors (Lipinski definition) is 2. The third kappa shape index (κ3) is 1.70. The van der Waals surface area contributed by atoms with Gasteiger partial charge < -0.3 is 4.90 Å². The Hall–Kier alpha value is -0.590. The number of rotatable bonds is 1. The number of hydrogen-bond donors (Lipinski definition) is 0. The van der Waals surface area contributed by atoms with Crippen molar-refractivity contribution in [2.24, 2.45) is 0 Å². The second-order valence-electron chi connectivity index (χ2n) is 2.47. The molecule has 1 aliphatic heterocycles. The van der Waals surface area contributed by atoms with Gasteiger partial charge >= 0.3 is 0 Å². The van der Waals surface area contributed by atoms with Gasteiger partial charge in [0.15, 0.2) is 0 Å². The molecule has 0 N–H and O–H groups in total. The van der Waals surface area contributed by atoms with Gasteiger partial charge in [0.1, 0.15) is 0 Å². The zero-order valence-corrected chi connectivity index (χ0v) is 7.82. The van der Waals surface area contributed by atoms with Gasteiger partial charge in [-0.15, -0.1) is 24.1 Å². The zero-order valence-electron chi connectivity index (χ0n) is 7.00. The van der Waals surface area contributed by atoms with E-state index in [0.717, 1.165) is 5.88 Å². The van der Waals surface area contributed by atoms with Gasteiger partial charge in [0.05, 0.1) is 16.8 Å². The molecule has 0 aliphatic carbocycles. The largest absolute Gasteiger partial charge is 0.361 e. The third-order valence-corrected chi connectivity index (χ3v) is 2.95. The van der Waals surface area contributed by atoms with E-state index >= 15 is 0 Å². The van der Waals surface area contributed by atoms with E-state index < -0.39 is 0 Å². The lowest BCUT2D eigenvalue weighted by Gasteiger charge is -2.10. The normalized spacial score (nSPS) is 23.3. The fraction of sp³-hybridized carbons (Fsp3) is 0.444. The Bertz CT molecular complexity index is 214. The molecule has 0 saturated carbocycles. The lowest BCUT2D eigenvalue weighted by atomic mass is 10.3. The predicted molar refractivity (Wildman–Crippen MR) is 51.5 cm³/mol. The molecule has 1 saturated heterocycles. The topological polar surface area (TPSA) is 3.24 Å². The van der Waals surface area contributed by atoms with E-state index in [2.05, 4.69) is 24.3 Å². The molecule has 0 radical (unpaired) electrons. The van der Waals surface area contributed by atoms with Crippen LogP contribution in [0.25, 0.3) is 0 Å². The molecule has 1 rings (SSSR count). The fourth-order valence-electron chi connectivity index (χ4n) is 1.08. The maximum absolute atomic E-state index is 3.79. The second kappa shape index (κ2) is 3.70. The maximum atomic E-state index is 3.79. The van der Waals surface area contributed by atoms with Gasteiger partial charge in [-0.3, -0.25) is 0 Å². The van der Waals surface area contributed by atoms with E-state index in [-0.39, 0.29) is 0 Å². The van der Waals surface area contributed by atoms with Crippen LogP contribution in [0.3, 0.4) is 0 Å². The average Bonchev–Trinajstić information content (AvgIpc) is 2.34. The van der Waals surface area contributed by atoms with Gasteiger partial charge in [0, 0.05) is 7.05 Å². The Labute approximate surface area is 72.5 Å². The quantitative estimate of drug-likeness (QED) is 0.435. The van der Waals surface area contributed by atoms with Crippen molar-refractivity contribution in [3.05, 3.63) is 30.2 Å². The summed E-state index contributed by atoms with van der Waals surface area (Å²) in [7, 11) is 2.09. The van der Waals surface area contributed by atoms with Crippen LogP contribution in [0.1, 0.15) is 6.92 Å². The van der Waals surface area contributed by atoms with Gasteiger partial charge in [-0.25, -0.2) is 0 Å². The molecule has 1 fully saturated rings. The van der Waals surface area contributed by atoms with Gasteiger partial charge in [-0.05, 0) is 13.0 Å². The molecule has 0 aromatic carbocycles. The van der Waals surface area contributed by atoms with Crippen LogP contribution in [0.4, 0.5) is 0 Å². The van der Waals surface area contributed by atoms with Crippen LogP contribution < -0.4 is 0 Å². The third-order valence-electron chi connectivity index (χ3n) is 1.63. The molecule has 1 nitrogen and oxygen atoms in total. The van der Waals surface area contributed by atoms with Crippen molar-refractivity contribution in [1.29, 1.82) is 0 Å². The van der Waals surface area contributed by atoms with Crippen molar-refractivity contribution in [3.63, 3.8) is 0 Å². The minimum Gasteiger partial charge on any atom is -0.361 e. The van der Waals surface area contributed by atoms with Gasteiger partial charge in [0.2, 0.25) is 0 Å². The molecule has 60 valence electrons. The molecule has 2 heteroatoms. The van der Waals surface area contributed by atoms with Crippen molar-refractivity contribution < 1.29 is 0 Å². The summed E-state index contributed by atoms with van der Waals surface area (Å²) in [6.07, 6.45) is 3.92. The molecule has 0 amide bonds. The first-order valence-electron chi connectivity index (χ1n) is 3.66. The molecule has 11 heavy (non-hydrogen) atoms. The molecular formula is C9H13NS. The molecule has 1 aliphatic rings. The van der Waals surface area contributed by atoms with E-state index in [1.165, 1.54) is 5.70 Å². The summed E-state index contributed by atoms with van der Waals surface area (Å²) in [5.41, 5.74) is 4.46. The van der Waals surface area contributed by atoms with Crippen LogP contribution in [0.15, 0.2) is 30.2 Å². The lowest BCUT2D eigenvalue weighted by Crippen LogP contribution is -2.12. The molecule has 0 spiro atoms. The van der Waals surface area contributed by atoms with Crippen molar-refractivity contribution >= 4 is 11.8 Å². The van der Waals surface area contributed by atoms with Gasteiger partial charge in [0.25, 0.3) is 0 Å². The zero-order chi connectivity index (χ0) is 8.27. The minimum atomic E-state index is 0.441. The highest BCUT2D eigenvalue weighted by atomic mass is 32.2. The monoisotopic (exact) mass is 167 g/mol. The Morgan fingerprint density at radius 1 is 1.82 bits per heavy atom. The van der Waals surface area contributed by atoms with Crippen molar-refractivity contribution in [2.75, 3.05) is 12.9 Å². The summed E-state index contributed by atoms with van der Waals surface area (Å²) in [6.45, 7) is 5.78. The Kier molecular flexibility index (Phi) is 2.86. The Morgan fingerprint density at radius 2 is 2.55 bits per heavy atom. The van der Waals surface area contributed by atoms with Gasteiger partial charge in [-0.1, -0.05) is 6.08 Å². The predicted octanol–water partition coefficient (Wildman–Crippen LogP) is 2.24. The summed E-state index contributed by atoms with van der Waals surface area (Å²) in [4.78, 5) is 2.21. The SMILES string of the molecule is C=CC1SCN(C)C1=C=CC. The van der Waals surface area contributed by atoms with E-state index in [1.54, 1.807) is 0 Å². The van der Waals surface area contributed by atoms with Crippen LogP contribution in [-0.2, 0) is 0 Å². The molecular weight excluding hydrogens is 154 g/mol. The first-order chi connectivity index (χ1) is 5.29. The maximum Gasteiger partial charge on any atom is 0.0737 e. The molecule has 0 bridgehead atoms. The van der Waals surface area contributed by atoms with Crippen molar-refractivity contribution in [3.8, 4) is 0 Å².